The maximum Gasteiger partial charge on any atom is 0.119 e. The first kappa shape index (κ1) is 21.9. The van der Waals surface area contributed by atoms with E-state index in [4.69, 9.17) is 4.74 Å². The van der Waals surface area contributed by atoms with Crippen LogP contribution in [0.4, 0.5) is 0 Å². The Bertz CT molecular complexity index is 692. The van der Waals surface area contributed by atoms with Crippen molar-refractivity contribution in [3.05, 3.63) is 54.1 Å². The van der Waals surface area contributed by atoms with Crippen LogP contribution >= 0.6 is 0 Å². The van der Waals surface area contributed by atoms with E-state index in [1.165, 1.54) is 74.5 Å². The van der Waals surface area contributed by atoms with Gasteiger partial charge in [0.25, 0.3) is 0 Å². The normalized spacial score (nSPS) is 20.4. The van der Waals surface area contributed by atoms with Gasteiger partial charge in [0, 0.05) is 0 Å². The van der Waals surface area contributed by atoms with E-state index in [0.29, 0.717) is 5.92 Å². The number of hydrogen-bond acceptors (Lipinski definition) is 1. The van der Waals surface area contributed by atoms with Gasteiger partial charge >= 0.3 is 0 Å². The number of unbranched alkanes of at least 4 members (excludes halogenated alkanes) is 2. The van der Waals surface area contributed by atoms with Gasteiger partial charge in [-0.2, -0.15) is 0 Å². The Balaban J connectivity index is 1.51. The molecule has 29 heavy (non-hydrogen) atoms. The molecule has 1 unspecified atom stereocenters. The van der Waals surface area contributed by atoms with Gasteiger partial charge in [-0.25, -0.2) is 0 Å². The summed E-state index contributed by atoms with van der Waals surface area (Å²) in [6.45, 7) is 7.70. The summed E-state index contributed by atoms with van der Waals surface area (Å²) in [5, 5.41) is 0. The molecule has 0 bridgehead atoms. The molecule has 2 aromatic rings. The lowest BCUT2D eigenvalue weighted by molar-refractivity contribution is 0.249. The van der Waals surface area contributed by atoms with Crippen molar-refractivity contribution in [1.82, 2.24) is 0 Å². The van der Waals surface area contributed by atoms with E-state index >= 15 is 0 Å². The first-order valence-corrected chi connectivity index (χ1v) is 12.0. The Morgan fingerprint density at radius 3 is 2.03 bits per heavy atom. The standard InChI is InChI=1S/C28H40O/c1-4-6-7-8-22(3)21-29-28-19-17-27(18-20-28)26-15-13-25(14-16-26)24-11-9-23(5-2)10-12-24/h13-20,22-24H,4-12,21H2,1-3H3. The average Bonchev–Trinajstić information content (AvgIpc) is 2.78. The summed E-state index contributed by atoms with van der Waals surface area (Å²) < 4.78 is 6.01. The fraction of sp³-hybridized carbons (Fsp3) is 0.571. The summed E-state index contributed by atoms with van der Waals surface area (Å²) >= 11 is 0. The molecule has 1 fully saturated rings. The number of benzene rings is 2. The monoisotopic (exact) mass is 392 g/mol. The van der Waals surface area contributed by atoms with Gasteiger partial charge in [-0.3, -0.25) is 0 Å². The van der Waals surface area contributed by atoms with Crippen molar-refractivity contribution >= 4 is 0 Å². The second-order valence-corrected chi connectivity index (χ2v) is 9.18. The first-order valence-electron chi connectivity index (χ1n) is 12.0. The molecule has 0 amide bonds. The molecule has 1 aliphatic rings. The van der Waals surface area contributed by atoms with Crippen molar-refractivity contribution in [2.24, 2.45) is 11.8 Å². The molecule has 0 aromatic heterocycles. The highest BCUT2D eigenvalue weighted by Crippen LogP contribution is 2.37. The molecule has 0 N–H and O–H groups in total. The summed E-state index contributed by atoms with van der Waals surface area (Å²) in [5.74, 6) is 3.34. The number of rotatable bonds is 10. The largest absolute Gasteiger partial charge is 0.493 e. The maximum atomic E-state index is 6.01. The molecule has 0 radical (unpaired) electrons. The Kier molecular flexibility index (Phi) is 8.65. The molecule has 0 aliphatic heterocycles. The number of hydrogen-bond donors (Lipinski definition) is 0. The zero-order valence-electron chi connectivity index (χ0n) is 18.8. The Morgan fingerprint density at radius 1 is 0.828 bits per heavy atom. The minimum absolute atomic E-state index is 0.626. The van der Waals surface area contributed by atoms with Crippen molar-refractivity contribution in [3.63, 3.8) is 0 Å². The van der Waals surface area contributed by atoms with Gasteiger partial charge in [0.05, 0.1) is 6.61 Å². The van der Waals surface area contributed by atoms with E-state index in [9.17, 15) is 0 Å². The van der Waals surface area contributed by atoms with Gasteiger partial charge < -0.3 is 4.74 Å². The van der Waals surface area contributed by atoms with Crippen LogP contribution in [0.25, 0.3) is 11.1 Å². The topological polar surface area (TPSA) is 9.23 Å². The smallest absolute Gasteiger partial charge is 0.119 e. The lowest BCUT2D eigenvalue weighted by Crippen LogP contribution is -2.12. The molecule has 1 nitrogen and oxygen atoms in total. The van der Waals surface area contributed by atoms with Gasteiger partial charge in [0.2, 0.25) is 0 Å². The zero-order chi connectivity index (χ0) is 20.5. The van der Waals surface area contributed by atoms with E-state index in [2.05, 4.69) is 69.3 Å². The third-order valence-electron chi connectivity index (χ3n) is 6.83. The predicted molar refractivity (Wildman–Crippen MR) is 126 cm³/mol. The quantitative estimate of drug-likeness (QED) is 0.368. The lowest BCUT2D eigenvalue weighted by atomic mass is 9.77. The second-order valence-electron chi connectivity index (χ2n) is 9.18. The van der Waals surface area contributed by atoms with Gasteiger partial charge in [0.15, 0.2) is 0 Å². The van der Waals surface area contributed by atoms with Crippen molar-refractivity contribution in [3.8, 4) is 16.9 Å². The molecule has 1 saturated carbocycles. The highest BCUT2D eigenvalue weighted by atomic mass is 16.5. The van der Waals surface area contributed by atoms with Crippen LogP contribution in [-0.4, -0.2) is 6.61 Å². The minimum Gasteiger partial charge on any atom is -0.493 e. The molecule has 158 valence electrons. The van der Waals surface area contributed by atoms with Crippen LogP contribution in [0.2, 0.25) is 0 Å². The third kappa shape index (κ3) is 6.63. The van der Waals surface area contributed by atoms with Crippen LogP contribution in [0, 0.1) is 11.8 Å². The zero-order valence-corrected chi connectivity index (χ0v) is 18.8. The van der Waals surface area contributed by atoms with Gasteiger partial charge in [-0.05, 0) is 78.7 Å². The number of ether oxygens (including phenoxy) is 1. The van der Waals surface area contributed by atoms with Crippen LogP contribution in [0.5, 0.6) is 5.75 Å². The first-order chi connectivity index (χ1) is 14.2. The van der Waals surface area contributed by atoms with Crippen molar-refractivity contribution in [2.75, 3.05) is 6.61 Å². The van der Waals surface area contributed by atoms with Crippen LogP contribution in [0.15, 0.2) is 48.5 Å². The molecule has 1 aliphatic carbocycles. The van der Waals surface area contributed by atoms with Crippen LogP contribution < -0.4 is 4.74 Å². The highest BCUT2D eigenvalue weighted by Gasteiger charge is 2.21. The van der Waals surface area contributed by atoms with Crippen molar-refractivity contribution in [2.45, 2.75) is 84.5 Å². The Morgan fingerprint density at radius 2 is 1.45 bits per heavy atom. The van der Waals surface area contributed by atoms with Crippen LogP contribution in [0.3, 0.4) is 0 Å². The van der Waals surface area contributed by atoms with Gasteiger partial charge in [0.1, 0.15) is 5.75 Å². The molecule has 0 heterocycles. The van der Waals surface area contributed by atoms with Crippen LogP contribution in [-0.2, 0) is 0 Å². The average molecular weight is 393 g/mol. The SMILES string of the molecule is CCCCCC(C)COc1ccc(-c2ccc(C3CCC(CC)CC3)cc2)cc1. The van der Waals surface area contributed by atoms with Crippen molar-refractivity contribution in [1.29, 1.82) is 0 Å². The molecule has 0 spiro atoms. The molecule has 2 aromatic carbocycles. The maximum absolute atomic E-state index is 6.01. The van der Waals surface area contributed by atoms with E-state index in [0.717, 1.165) is 24.2 Å². The summed E-state index contributed by atoms with van der Waals surface area (Å²) in [7, 11) is 0. The van der Waals surface area contributed by atoms with Crippen molar-refractivity contribution < 1.29 is 4.74 Å². The predicted octanol–water partition coefficient (Wildman–Crippen LogP) is 8.63. The Labute approximate surface area is 178 Å². The molecule has 1 atom stereocenters. The van der Waals surface area contributed by atoms with E-state index in [1.54, 1.807) is 0 Å². The molecular weight excluding hydrogens is 352 g/mol. The second kappa shape index (κ2) is 11.4. The summed E-state index contributed by atoms with van der Waals surface area (Å²) in [6.07, 6.45) is 12.1. The fourth-order valence-electron chi connectivity index (χ4n) is 4.66. The lowest BCUT2D eigenvalue weighted by Gasteiger charge is -2.28. The van der Waals surface area contributed by atoms with E-state index < -0.39 is 0 Å². The Hall–Kier alpha value is -1.76. The highest BCUT2D eigenvalue weighted by molar-refractivity contribution is 5.64. The molecule has 1 heteroatoms. The summed E-state index contributed by atoms with van der Waals surface area (Å²) in [5.41, 5.74) is 4.10. The third-order valence-corrected chi connectivity index (χ3v) is 6.83. The van der Waals surface area contributed by atoms with Gasteiger partial charge in [-0.1, -0.05) is 82.9 Å². The van der Waals surface area contributed by atoms with E-state index in [-0.39, 0.29) is 0 Å². The summed E-state index contributed by atoms with van der Waals surface area (Å²) in [4.78, 5) is 0. The fourth-order valence-corrected chi connectivity index (χ4v) is 4.66. The van der Waals surface area contributed by atoms with Crippen LogP contribution in [0.1, 0.15) is 90.0 Å². The van der Waals surface area contributed by atoms with E-state index in [1.807, 2.05) is 0 Å². The minimum atomic E-state index is 0.626. The molecular formula is C28H40O. The molecule has 3 rings (SSSR count). The van der Waals surface area contributed by atoms with Gasteiger partial charge in [-0.15, -0.1) is 0 Å². The molecule has 0 saturated heterocycles. The summed E-state index contributed by atoms with van der Waals surface area (Å²) in [6, 6.07) is 17.9.